The fourth-order valence-electron chi connectivity index (χ4n) is 4.93. The van der Waals surface area contributed by atoms with Crippen molar-refractivity contribution >= 4 is 21.2 Å². The van der Waals surface area contributed by atoms with Gasteiger partial charge in [0, 0.05) is 48.3 Å². The van der Waals surface area contributed by atoms with Gasteiger partial charge in [0.1, 0.15) is 0 Å². The van der Waals surface area contributed by atoms with E-state index in [0.717, 1.165) is 70.5 Å². The Kier molecular flexibility index (Phi) is 6.64. The van der Waals surface area contributed by atoms with Crippen LogP contribution >= 0.6 is 11.3 Å². The molecule has 2 aliphatic heterocycles. The zero-order chi connectivity index (χ0) is 23.0. The second-order valence-corrected chi connectivity index (χ2v) is 12.8. The number of nitrogens with zero attached hydrogens (tertiary/aromatic N) is 4. The van der Waals surface area contributed by atoms with Crippen LogP contribution in [0, 0.1) is 0 Å². The highest BCUT2D eigenvalue weighted by molar-refractivity contribution is 7.92. The lowest BCUT2D eigenvalue weighted by Gasteiger charge is -2.44. The molecule has 176 valence electrons. The molecule has 2 fully saturated rings. The minimum atomic E-state index is -3.06. The van der Waals surface area contributed by atoms with Crippen LogP contribution in [-0.4, -0.2) is 59.0 Å². The van der Waals surface area contributed by atoms with Gasteiger partial charge in [-0.2, -0.15) is 0 Å². The topological polar surface area (TPSA) is 77.3 Å². The Bertz CT molecular complexity index is 1050. The van der Waals surface area contributed by atoms with Gasteiger partial charge in [-0.05, 0) is 43.7 Å². The fraction of sp³-hybridized carbons (Fsp3) is 0.652. The molecule has 0 unspecified atom stereocenters. The van der Waals surface area contributed by atoms with Gasteiger partial charge in [0.25, 0.3) is 0 Å². The first-order chi connectivity index (χ1) is 15.3. The van der Waals surface area contributed by atoms with Crippen molar-refractivity contribution in [2.45, 2.75) is 68.9 Å². The van der Waals surface area contributed by atoms with E-state index in [2.05, 4.69) is 41.4 Å². The van der Waals surface area contributed by atoms with Gasteiger partial charge in [0.2, 0.25) is 0 Å². The highest BCUT2D eigenvalue weighted by Crippen LogP contribution is 2.45. The Labute approximate surface area is 195 Å². The van der Waals surface area contributed by atoms with E-state index >= 15 is 0 Å². The van der Waals surface area contributed by atoms with Gasteiger partial charge in [0.15, 0.2) is 9.84 Å². The Hall–Kier alpha value is -1.55. The van der Waals surface area contributed by atoms with Gasteiger partial charge >= 0.3 is 0 Å². The van der Waals surface area contributed by atoms with E-state index in [4.69, 9.17) is 4.74 Å². The molecular formula is C23H34N4O3S2. The Morgan fingerprint density at radius 1 is 1.22 bits per heavy atom. The van der Waals surface area contributed by atoms with Gasteiger partial charge in [-0.25, -0.2) is 8.42 Å². The molecule has 4 heterocycles. The van der Waals surface area contributed by atoms with E-state index in [1.54, 1.807) is 4.68 Å². The van der Waals surface area contributed by atoms with Crippen LogP contribution in [-0.2, 0) is 46.1 Å². The minimum Gasteiger partial charge on any atom is -0.370 e. The Morgan fingerprint density at radius 3 is 2.56 bits per heavy atom. The Morgan fingerprint density at radius 2 is 1.94 bits per heavy atom. The molecule has 1 saturated carbocycles. The average molecular weight is 479 g/mol. The van der Waals surface area contributed by atoms with Crippen molar-refractivity contribution in [2.24, 2.45) is 0 Å². The molecule has 0 atom stereocenters. The summed E-state index contributed by atoms with van der Waals surface area (Å²) < 4.78 is 31.5. The number of aromatic nitrogens is 3. The molecule has 3 aliphatic rings. The molecule has 2 aromatic heterocycles. The second kappa shape index (κ2) is 9.00. The molecule has 0 bridgehead atoms. The molecule has 7 nitrogen and oxygen atoms in total. The molecule has 1 spiro atoms. The summed E-state index contributed by atoms with van der Waals surface area (Å²) in [5.41, 5.74) is 2.24. The number of hydrogen-bond acceptors (Lipinski definition) is 7. The summed E-state index contributed by atoms with van der Waals surface area (Å²) in [5.74, 6) is 0. The van der Waals surface area contributed by atoms with Gasteiger partial charge in [-0.15, -0.1) is 29.6 Å². The molecule has 0 aromatic carbocycles. The SMILES string of the molecule is C=C.CCc1cc2c(s1)CCOC21CCN(Cc2cn(CC3(S(C)(=O)=O)CC3)nn2)CC1. The molecule has 0 N–H and O–H groups in total. The lowest BCUT2D eigenvalue weighted by atomic mass is 9.82. The summed E-state index contributed by atoms with van der Waals surface area (Å²) in [5, 5.41) is 8.50. The molecule has 32 heavy (non-hydrogen) atoms. The van der Waals surface area contributed by atoms with E-state index in [-0.39, 0.29) is 5.60 Å². The molecule has 0 radical (unpaired) electrons. The van der Waals surface area contributed by atoms with Gasteiger partial charge in [0.05, 0.1) is 29.2 Å². The third-order valence-electron chi connectivity index (χ3n) is 7.09. The van der Waals surface area contributed by atoms with Crippen molar-refractivity contribution in [1.82, 2.24) is 19.9 Å². The van der Waals surface area contributed by atoms with E-state index in [0.29, 0.717) is 6.54 Å². The van der Waals surface area contributed by atoms with Gasteiger partial charge < -0.3 is 4.74 Å². The summed E-state index contributed by atoms with van der Waals surface area (Å²) in [7, 11) is -3.06. The standard InChI is InChI=1S/C21H30N4O3S2.C2H4/c1-3-17-12-18-19(29-17)4-11-28-21(18)7-9-24(10-8-21)13-16-14-25(23-22-16)15-20(5-6-20)30(2,26)27;1-2/h12,14H,3-11,13,15H2,1-2H3;1-2H2. The number of thiophene rings is 1. The van der Waals surface area contributed by atoms with E-state index in [1.165, 1.54) is 21.6 Å². The van der Waals surface area contributed by atoms with Crippen molar-refractivity contribution in [1.29, 1.82) is 0 Å². The van der Waals surface area contributed by atoms with Gasteiger partial charge in [-0.3, -0.25) is 9.58 Å². The number of rotatable bonds is 6. The largest absolute Gasteiger partial charge is 0.370 e. The van der Waals surface area contributed by atoms with Crippen LogP contribution in [0.1, 0.15) is 53.6 Å². The van der Waals surface area contributed by atoms with E-state index < -0.39 is 14.6 Å². The maximum absolute atomic E-state index is 12.0. The predicted molar refractivity (Wildman–Crippen MR) is 128 cm³/mol. The van der Waals surface area contributed by atoms with Crippen LogP contribution < -0.4 is 0 Å². The number of fused-ring (bicyclic) bond motifs is 2. The summed E-state index contributed by atoms with van der Waals surface area (Å²) in [4.78, 5) is 5.40. The molecule has 1 saturated heterocycles. The molecule has 5 rings (SSSR count). The first-order valence-corrected chi connectivity index (χ1v) is 14.1. The lowest BCUT2D eigenvalue weighted by molar-refractivity contribution is -0.0982. The van der Waals surface area contributed by atoms with Crippen LogP contribution in [0.3, 0.4) is 0 Å². The first kappa shape index (κ1) is 23.6. The summed E-state index contributed by atoms with van der Waals surface area (Å²) in [6.07, 6.45) is 8.84. The van der Waals surface area contributed by atoms with Crippen molar-refractivity contribution in [2.75, 3.05) is 26.0 Å². The highest BCUT2D eigenvalue weighted by Gasteiger charge is 2.52. The lowest BCUT2D eigenvalue weighted by Crippen LogP contribution is -2.45. The predicted octanol–water partition coefficient (Wildman–Crippen LogP) is 3.35. The van der Waals surface area contributed by atoms with E-state index in [1.807, 2.05) is 17.5 Å². The number of aryl methyl sites for hydroxylation is 1. The smallest absolute Gasteiger partial charge is 0.154 e. The summed E-state index contributed by atoms with van der Waals surface area (Å²) in [6, 6.07) is 2.38. The molecule has 9 heteroatoms. The van der Waals surface area contributed by atoms with Gasteiger partial charge in [-0.1, -0.05) is 12.1 Å². The molecular weight excluding hydrogens is 444 g/mol. The first-order valence-electron chi connectivity index (χ1n) is 11.4. The van der Waals surface area contributed by atoms with Crippen molar-refractivity contribution in [3.05, 3.63) is 46.4 Å². The summed E-state index contributed by atoms with van der Waals surface area (Å²) >= 11 is 1.96. The van der Waals surface area contributed by atoms with Crippen LogP contribution in [0.5, 0.6) is 0 Å². The second-order valence-electron chi connectivity index (χ2n) is 9.13. The third kappa shape index (κ3) is 4.44. The maximum Gasteiger partial charge on any atom is 0.154 e. The zero-order valence-electron chi connectivity index (χ0n) is 19.2. The highest BCUT2D eigenvalue weighted by atomic mass is 32.2. The van der Waals surface area contributed by atoms with Crippen LogP contribution in [0.15, 0.2) is 25.4 Å². The minimum absolute atomic E-state index is 0.112. The zero-order valence-corrected chi connectivity index (χ0v) is 20.8. The number of ether oxygens (including phenoxy) is 1. The number of likely N-dealkylation sites (tertiary alicyclic amines) is 1. The number of piperidine rings is 1. The van der Waals surface area contributed by atoms with Crippen LogP contribution in [0.2, 0.25) is 0 Å². The molecule has 1 aliphatic carbocycles. The normalized spacial score (nSPS) is 21.6. The third-order valence-corrected chi connectivity index (χ3v) is 10.5. The van der Waals surface area contributed by atoms with Crippen molar-refractivity contribution in [3.63, 3.8) is 0 Å². The van der Waals surface area contributed by atoms with Crippen molar-refractivity contribution in [3.8, 4) is 0 Å². The van der Waals surface area contributed by atoms with Crippen molar-refractivity contribution < 1.29 is 13.2 Å². The summed E-state index contributed by atoms with van der Waals surface area (Å²) in [6.45, 7) is 12.2. The number of hydrogen-bond donors (Lipinski definition) is 0. The monoisotopic (exact) mass is 478 g/mol. The fourth-order valence-corrected chi connectivity index (χ4v) is 7.32. The molecule has 2 aromatic rings. The van der Waals surface area contributed by atoms with Crippen LogP contribution in [0.25, 0.3) is 0 Å². The quantitative estimate of drug-likeness (QED) is 0.593. The number of sulfone groups is 1. The van der Waals surface area contributed by atoms with E-state index in [9.17, 15) is 8.42 Å². The molecule has 0 amide bonds. The maximum atomic E-state index is 12.0. The van der Waals surface area contributed by atoms with Crippen LogP contribution in [0.4, 0.5) is 0 Å². The Balaban J connectivity index is 0.00000119. The average Bonchev–Trinajstić information content (AvgIpc) is 3.25.